The van der Waals surface area contributed by atoms with Crippen molar-refractivity contribution in [1.82, 2.24) is 9.88 Å². The van der Waals surface area contributed by atoms with E-state index < -0.39 is 0 Å². The van der Waals surface area contributed by atoms with Gasteiger partial charge in [0.2, 0.25) is 5.91 Å². The maximum Gasteiger partial charge on any atom is 0.223 e. The number of rotatable bonds is 7. The van der Waals surface area contributed by atoms with Crippen molar-refractivity contribution in [3.05, 3.63) is 96.2 Å². The van der Waals surface area contributed by atoms with Crippen molar-refractivity contribution in [3.8, 4) is 5.75 Å². The molecule has 1 saturated heterocycles. The number of carbonyl (C=O) groups is 1. The molecule has 1 fully saturated rings. The summed E-state index contributed by atoms with van der Waals surface area (Å²) in [6.07, 6.45) is 3.45. The zero-order chi connectivity index (χ0) is 23.3. The van der Waals surface area contributed by atoms with Crippen molar-refractivity contribution in [2.24, 2.45) is 0 Å². The molecule has 3 aromatic carbocycles. The number of hydrogen-bond donors (Lipinski definition) is 1. The van der Waals surface area contributed by atoms with Gasteiger partial charge < -0.3 is 19.5 Å². The van der Waals surface area contributed by atoms with Crippen molar-refractivity contribution < 1.29 is 9.53 Å². The quantitative estimate of drug-likeness (QED) is 0.416. The van der Waals surface area contributed by atoms with Gasteiger partial charge in [-0.05, 0) is 53.8 Å². The Balaban J connectivity index is 1.29. The van der Waals surface area contributed by atoms with E-state index in [1.807, 2.05) is 29.2 Å². The Hall–Kier alpha value is -3.73. The van der Waals surface area contributed by atoms with Crippen molar-refractivity contribution in [1.29, 1.82) is 0 Å². The van der Waals surface area contributed by atoms with Crippen LogP contribution in [0, 0.1) is 0 Å². The molecule has 2 heterocycles. The maximum atomic E-state index is 13.4. The van der Waals surface area contributed by atoms with E-state index in [1.54, 1.807) is 7.11 Å². The molecular formula is C29H31N3O2. The molecule has 5 rings (SSSR count). The van der Waals surface area contributed by atoms with E-state index in [-0.39, 0.29) is 11.8 Å². The predicted octanol–water partition coefficient (Wildman–Crippen LogP) is 5.24. The first-order chi connectivity index (χ1) is 16.7. The first-order valence-electron chi connectivity index (χ1n) is 12.0. The van der Waals surface area contributed by atoms with Gasteiger partial charge in [0.25, 0.3) is 0 Å². The molecule has 0 radical (unpaired) electrons. The third-order valence-electron chi connectivity index (χ3n) is 6.88. The van der Waals surface area contributed by atoms with Crippen LogP contribution in [0.15, 0.2) is 85.1 Å². The van der Waals surface area contributed by atoms with Gasteiger partial charge >= 0.3 is 0 Å². The van der Waals surface area contributed by atoms with Crippen LogP contribution < -0.4 is 9.64 Å². The minimum atomic E-state index is 0.130. The first kappa shape index (κ1) is 22.1. The zero-order valence-corrected chi connectivity index (χ0v) is 19.6. The average Bonchev–Trinajstić information content (AvgIpc) is 3.33. The number of anilines is 1. The number of nitrogens with one attached hydrogen (secondary N) is 1. The van der Waals surface area contributed by atoms with E-state index in [1.165, 1.54) is 22.2 Å². The highest BCUT2D eigenvalue weighted by Crippen LogP contribution is 2.32. The molecule has 1 aliphatic rings. The topological polar surface area (TPSA) is 48.6 Å². The molecule has 1 N–H and O–H groups in total. The van der Waals surface area contributed by atoms with Crippen LogP contribution in [0.2, 0.25) is 0 Å². The second-order valence-electron chi connectivity index (χ2n) is 8.95. The number of fused-ring (bicyclic) bond motifs is 1. The van der Waals surface area contributed by atoms with Crippen molar-refractivity contribution in [2.45, 2.75) is 18.8 Å². The third-order valence-corrected chi connectivity index (χ3v) is 6.88. The number of nitrogens with zero attached hydrogens (tertiary/aromatic N) is 2. The van der Waals surface area contributed by atoms with E-state index in [0.29, 0.717) is 6.42 Å². The van der Waals surface area contributed by atoms with Gasteiger partial charge in [0.1, 0.15) is 5.75 Å². The molecule has 1 aromatic heterocycles. The van der Waals surface area contributed by atoms with Crippen LogP contribution in [0.3, 0.4) is 0 Å². The molecule has 174 valence electrons. The van der Waals surface area contributed by atoms with Gasteiger partial charge in [-0.3, -0.25) is 4.79 Å². The average molecular weight is 454 g/mol. The number of aromatic nitrogens is 1. The number of aromatic amines is 1. The molecule has 4 aromatic rings. The molecule has 0 bridgehead atoms. The molecular weight excluding hydrogens is 422 g/mol. The first-order valence-corrected chi connectivity index (χ1v) is 12.0. The number of para-hydroxylation sites is 1. The summed E-state index contributed by atoms with van der Waals surface area (Å²) in [4.78, 5) is 21.2. The van der Waals surface area contributed by atoms with Gasteiger partial charge in [-0.25, -0.2) is 0 Å². The smallest absolute Gasteiger partial charge is 0.223 e. The van der Waals surface area contributed by atoms with Gasteiger partial charge in [-0.15, -0.1) is 0 Å². The maximum absolute atomic E-state index is 13.4. The van der Waals surface area contributed by atoms with E-state index in [9.17, 15) is 4.79 Å². The molecule has 1 atom stereocenters. The number of carbonyl (C=O) groups excluding carboxylic acids is 1. The Kier molecular flexibility index (Phi) is 6.52. The van der Waals surface area contributed by atoms with Crippen molar-refractivity contribution in [2.75, 3.05) is 38.2 Å². The van der Waals surface area contributed by atoms with Crippen LogP contribution in [0.1, 0.15) is 23.5 Å². The molecule has 0 spiro atoms. The number of H-pyrrole nitrogens is 1. The summed E-state index contributed by atoms with van der Waals surface area (Å²) in [5.74, 6) is 1.23. The standard InChI is InChI=1S/C29H31N3O2/c1-34-25-13-11-24(12-14-25)31-15-17-32(18-16-31)29(33)20-23(19-22-7-3-2-4-8-22)27-21-30-28-10-6-5-9-26(27)28/h2-14,21,23,30H,15-20H2,1H3/t23-/m0/s1. The lowest BCUT2D eigenvalue weighted by atomic mass is 9.88. The minimum Gasteiger partial charge on any atom is -0.497 e. The highest BCUT2D eigenvalue weighted by atomic mass is 16.5. The molecule has 34 heavy (non-hydrogen) atoms. The SMILES string of the molecule is COc1ccc(N2CCN(C(=O)C[C@H](Cc3ccccc3)c3c[nH]c4ccccc34)CC2)cc1. The lowest BCUT2D eigenvalue weighted by Crippen LogP contribution is -2.49. The Morgan fingerprint density at radius 1 is 0.912 bits per heavy atom. The van der Waals surface area contributed by atoms with Crippen LogP contribution in [0.25, 0.3) is 10.9 Å². The molecule has 1 aliphatic heterocycles. The van der Waals surface area contributed by atoms with Gasteiger partial charge in [0, 0.05) is 55.4 Å². The molecule has 0 aliphatic carbocycles. The third kappa shape index (κ3) is 4.79. The Morgan fingerprint density at radius 3 is 2.35 bits per heavy atom. The highest BCUT2D eigenvalue weighted by Gasteiger charge is 2.26. The fourth-order valence-electron chi connectivity index (χ4n) is 4.97. The fraction of sp³-hybridized carbons (Fsp3) is 0.276. The second-order valence-corrected chi connectivity index (χ2v) is 8.95. The van der Waals surface area contributed by atoms with Crippen LogP contribution >= 0.6 is 0 Å². The summed E-state index contributed by atoms with van der Waals surface area (Å²) < 4.78 is 5.27. The number of methoxy groups -OCH3 is 1. The molecule has 5 heteroatoms. The van der Waals surface area contributed by atoms with Gasteiger partial charge in [-0.1, -0.05) is 48.5 Å². The van der Waals surface area contributed by atoms with Crippen LogP contribution in [-0.4, -0.2) is 49.1 Å². The van der Waals surface area contributed by atoms with E-state index in [2.05, 4.69) is 70.7 Å². The van der Waals surface area contributed by atoms with Gasteiger partial charge in [0.15, 0.2) is 0 Å². The number of benzene rings is 3. The lowest BCUT2D eigenvalue weighted by molar-refractivity contribution is -0.131. The Bertz CT molecular complexity index is 1230. The Labute approximate surface area is 201 Å². The lowest BCUT2D eigenvalue weighted by Gasteiger charge is -2.36. The highest BCUT2D eigenvalue weighted by molar-refractivity contribution is 5.85. The summed E-state index contributed by atoms with van der Waals surface area (Å²) >= 11 is 0. The van der Waals surface area contributed by atoms with Crippen LogP contribution in [0.4, 0.5) is 5.69 Å². The molecule has 1 amide bonds. The number of ether oxygens (including phenoxy) is 1. The Morgan fingerprint density at radius 2 is 1.62 bits per heavy atom. The largest absolute Gasteiger partial charge is 0.497 e. The minimum absolute atomic E-state index is 0.130. The summed E-state index contributed by atoms with van der Waals surface area (Å²) in [7, 11) is 1.68. The second kappa shape index (κ2) is 10.0. The summed E-state index contributed by atoms with van der Waals surface area (Å²) in [5, 5.41) is 1.21. The fourth-order valence-corrected chi connectivity index (χ4v) is 4.97. The molecule has 5 nitrogen and oxygen atoms in total. The van der Waals surface area contributed by atoms with Gasteiger partial charge in [0.05, 0.1) is 7.11 Å². The number of hydrogen-bond acceptors (Lipinski definition) is 3. The van der Waals surface area contributed by atoms with Crippen molar-refractivity contribution >= 4 is 22.5 Å². The molecule has 0 saturated carbocycles. The summed E-state index contributed by atoms with van der Waals surface area (Å²) in [6.45, 7) is 3.18. The van der Waals surface area contributed by atoms with Crippen molar-refractivity contribution in [3.63, 3.8) is 0 Å². The van der Waals surface area contributed by atoms with Crippen LogP contribution in [0.5, 0.6) is 5.75 Å². The number of amides is 1. The normalized spacial score (nSPS) is 14.9. The van der Waals surface area contributed by atoms with E-state index in [4.69, 9.17) is 4.74 Å². The predicted molar refractivity (Wildman–Crippen MR) is 138 cm³/mol. The monoisotopic (exact) mass is 453 g/mol. The molecule has 0 unspecified atom stereocenters. The number of piperazine rings is 1. The van der Waals surface area contributed by atoms with E-state index >= 15 is 0 Å². The van der Waals surface area contributed by atoms with Crippen LogP contribution in [-0.2, 0) is 11.2 Å². The van der Waals surface area contributed by atoms with E-state index in [0.717, 1.165) is 43.9 Å². The zero-order valence-electron chi connectivity index (χ0n) is 19.6. The summed E-state index contributed by atoms with van der Waals surface area (Å²) in [6, 6.07) is 27.0. The van der Waals surface area contributed by atoms with Gasteiger partial charge in [-0.2, -0.15) is 0 Å². The summed E-state index contributed by atoms with van der Waals surface area (Å²) in [5.41, 5.74) is 4.78.